The molecule has 0 radical (unpaired) electrons. The zero-order chi connectivity index (χ0) is 19.5. The molecule has 0 saturated carbocycles. The number of aryl methyl sites for hydroxylation is 1. The predicted octanol–water partition coefficient (Wildman–Crippen LogP) is 5.11. The molecule has 0 aliphatic rings. The highest BCUT2D eigenvalue weighted by Crippen LogP contribution is 2.22. The molecule has 5 nitrogen and oxygen atoms in total. The van der Waals surface area contributed by atoms with Crippen molar-refractivity contribution in [3.63, 3.8) is 0 Å². The van der Waals surface area contributed by atoms with Crippen molar-refractivity contribution in [3.8, 4) is 0 Å². The highest BCUT2D eigenvalue weighted by molar-refractivity contribution is 7.12. The van der Waals surface area contributed by atoms with Gasteiger partial charge in [0.05, 0.1) is 16.0 Å². The number of nitrogens with zero attached hydrogens (tertiary/aromatic N) is 1. The molecule has 0 spiro atoms. The maximum atomic E-state index is 12.9. The standard InChI is InChI=1S/C22H17N3O2S/c1-14-12-18(17-8-2-3-9-19(17)23-14)21(26)24-15-6-4-7-16(13-15)25-22(27)20-10-5-11-28-20/h2-13H,1H3,(H,24,26)(H,25,27). The third kappa shape index (κ3) is 3.77. The SMILES string of the molecule is Cc1cc(C(=O)Nc2cccc(NC(=O)c3cccs3)c2)c2ccccc2n1. The van der Waals surface area contributed by atoms with Gasteiger partial charge in [-0.2, -0.15) is 0 Å². The molecule has 0 atom stereocenters. The summed E-state index contributed by atoms with van der Waals surface area (Å²) in [6, 6.07) is 20.0. The highest BCUT2D eigenvalue weighted by atomic mass is 32.1. The lowest BCUT2D eigenvalue weighted by Gasteiger charge is -2.10. The van der Waals surface area contributed by atoms with Gasteiger partial charge in [-0.05, 0) is 48.7 Å². The molecule has 28 heavy (non-hydrogen) atoms. The normalized spacial score (nSPS) is 10.6. The Balaban J connectivity index is 1.57. The van der Waals surface area contributed by atoms with Gasteiger partial charge in [0.15, 0.2) is 0 Å². The number of thiophene rings is 1. The molecule has 0 unspecified atom stereocenters. The molecule has 0 saturated heterocycles. The lowest BCUT2D eigenvalue weighted by atomic mass is 10.1. The summed E-state index contributed by atoms with van der Waals surface area (Å²) >= 11 is 1.38. The van der Waals surface area contributed by atoms with Gasteiger partial charge in [-0.25, -0.2) is 0 Å². The summed E-state index contributed by atoms with van der Waals surface area (Å²) in [4.78, 5) is 30.2. The van der Waals surface area contributed by atoms with Crippen LogP contribution in [0.2, 0.25) is 0 Å². The smallest absolute Gasteiger partial charge is 0.265 e. The number of rotatable bonds is 4. The van der Waals surface area contributed by atoms with Crippen molar-refractivity contribution in [3.05, 3.63) is 88.2 Å². The second kappa shape index (κ2) is 7.62. The number of hydrogen-bond donors (Lipinski definition) is 2. The van der Waals surface area contributed by atoms with E-state index in [1.165, 1.54) is 11.3 Å². The number of nitrogens with one attached hydrogen (secondary N) is 2. The minimum absolute atomic E-state index is 0.172. The summed E-state index contributed by atoms with van der Waals surface area (Å²) in [5.41, 5.74) is 3.35. The van der Waals surface area contributed by atoms with E-state index in [9.17, 15) is 9.59 Å². The lowest BCUT2D eigenvalue weighted by Crippen LogP contribution is -2.14. The van der Waals surface area contributed by atoms with Crippen LogP contribution < -0.4 is 10.6 Å². The van der Waals surface area contributed by atoms with Crippen molar-refractivity contribution in [2.45, 2.75) is 6.92 Å². The minimum Gasteiger partial charge on any atom is -0.322 e. The minimum atomic E-state index is -0.219. The first-order valence-electron chi connectivity index (χ1n) is 8.73. The third-order valence-corrected chi connectivity index (χ3v) is 5.08. The zero-order valence-electron chi connectivity index (χ0n) is 15.1. The molecule has 4 aromatic rings. The molecule has 2 amide bonds. The number of fused-ring (bicyclic) bond motifs is 1. The average Bonchev–Trinajstić information content (AvgIpc) is 3.22. The predicted molar refractivity (Wildman–Crippen MR) is 113 cm³/mol. The Morgan fingerprint density at radius 3 is 2.36 bits per heavy atom. The van der Waals surface area contributed by atoms with Crippen molar-refractivity contribution < 1.29 is 9.59 Å². The van der Waals surface area contributed by atoms with Crippen LogP contribution in [0.25, 0.3) is 10.9 Å². The summed E-state index contributed by atoms with van der Waals surface area (Å²) in [7, 11) is 0. The topological polar surface area (TPSA) is 71.1 Å². The number of carbonyl (C=O) groups excluding carboxylic acids is 2. The molecule has 2 aromatic heterocycles. The Labute approximate surface area is 166 Å². The van der Waals surface area contributed by atoms with Crippen LogP contribution in [0.5, 0.6) is 0 Å². The molecule has 4 rings (SSSR count). The second-order valence-electron chi connectivity index (χ2n) is 6.29. The Morgan fingerprint density at radius 2 is 1.61 bits per heavy atom. The van der Waals surface area contributed by atoms with Gasteiger partial charge in [0, 0.05) is 22.5 Å². The van der Waals surface area contributed by atoms with E-state index in [1.54, 1.807) is 36.4 Å². The van der Waals surface area contributed by atoms with Gasteiger partial charge in [0.1, 0.15) is 0 Å². The largest absolute Gasteiger partial charge is 0.322 e. The maximum absolute atomic E-state index is 12.9. The van der Waals surface area contributed by atoms with Crippen LogP contribution in [0.1, 0.15) is 25.7 Å². The Morgan fingerprint density at radius 1 is 0.857 bits per heavy atom. The molecule has 0 aliphatic heterocycles. The highest BCUT2D eigenvalue weighted by Gasteiger charge is 2.13. The van der Waals surface area contributed by atoms with Crippen LogP contribution >= 0.6 is 11.3 Å². The molecule has 0 aliphatic carbocycles. The van der Waals surface area contributed by atoms with Gasteiger partial charge in [0.25, 0.3) is 11.8 Å². The van der Waals surface area contributed by atoms with E-state index in [1.807, 2.05) is 42.6 Å². The van der Waals surface area contributed by atoms with Crippen LogP contribution in [-0.4, -0.2) is 16.8 Å². The van der Waals surface area contributed by atoms with Crippen molar-refractivity contribution in [2.24, 2.45) is 0 Å². The molecule has 2 aromatic carbocycles. The second-order valence-corrected chi connectivity index (χ2v) is 7.24. The monoisotopic (exact) mass is 387 g/mol. The average molecular weight is 387 g/mol. The first-order chi connectivity index (χ1) is 13.6. The Bertz CT molecular complexity index is 1170. The maximum Gasteiger partial charge on any atom is 0.265 e. The van der Waals surface area contributed by atoms with Crippen LogP contribution in [-0.2, 0) is 0 Å². The number of amides is 2. The van der Waals surface area contributed by atoms with Crippen molar-refractivity contribution >= 4 is 45.4 Å². The number of para-hydroxylation sites is 1. The zero-order valence-corrected chi connectivity index (χ0v) is 15.9. The van der Waals surface area contributed by atoms with Gasteiger partial charge in [-0.3, -0.25) is 14.6 Å². The Hall–Kier alpha value is -3.51. The summed E-state index contributed by atoms with van der Waals surface area (Å²) in [5.74, 6) is -0.391. The fourth-order valence-electron chi connectivity index (χ4n) is 2.97. The fourth-order valence-corrected chi connectivity index (χ4v) is 3.59. The molecule has 2 N–H and O–H groups in total. The van der Waals surface area contributed by atoms with Gasteiger partial charge < -0.3 is 10.6 Å². The van der Waals surface area contributed by atoms with E-state index in [0.717, 1.165) is 16.6 Å². The first kappa shape index (κ1) is 17.9. The number of anilines is 2. The van der Waals surface area contributed by atoms with E-state index in [-0.39, 0.29) is 11.8 Å². The molecular weight excluding hydrogens is 370 g/mol. The fraction of sp³-hybridized carbons (Fsp3) is 0.0455. The van der Waals surface area contributed by atoms with E-state index < -0.39 is 0 Å². The number of hydrogen-bond acceptors (Lipinski definition) is 4. The van der Waals surface area contributed by atoms with Gasteiger partial charge >= 0.3 is 0 Å². The molecule has 138 valence electrons. The number of aromatic nitrogens is 1. The van der Waals surface area contributed by atoms with Crippen molar-refractivity contribution in [1.29, 1.82) is 0 Å². The van der Waals surface area contributed by atoms with Crippen molar-refractivity contribution in [1.82, 2.24) is 4.98 Å². The molecule has 2 heterocycles. The summed E-state index contributed by atoms with van der Waals surface area (Å²) in [6.45, 7) is 1.87. The van der Waals surface area contributed by atoms with E-state index in [4.69, 9.17) is 0 Å². The van der Waals surface area contributed by atoms with Crippen LogP contribution in [0.15, 0.2) is 72.1 Å². The molecule has 0 fully saturated rings. The van der Waals surface area contributed by atoms with Crippen LogP contribution in [0.3, 0.4) is 0 Å². The molecular formula is C22H17N3O2S. The molecule has 6 heteroatoms. The van der Waals surface area contributed by atoms with Crippen molar-refractivity contribution in [2.75, 3.05) is 10.6 Å². The summed E-state index contributed by atoms with van der Waals surface area (Å²) in [5, 5.41) is 8.41. The summed E-state index contributed by atoms with van der Waals surface area (Å²) < 4.78 is 0. The first-order valence-corrected chi connectivity index (χ1v) is 9.61. The number of pyridine rings is 1. The quantitative estimate of drug-likeness (QED) is 0.511. The van der Waals surface area contributed by atoms with Crippen LogP contribution in [0.4, 0.5) is 11.4 Å². The number of benzene rings is 2. The van der Waals surface area contributed by atoms with Gasteiger partial charge in [-0.1, -0.05) is 30.3 Å². The van der Waals surface area contributed by atoms with E-state index in [2.05, 4.69) is 15.6 Å². The van der Waals surface area contributed by atoms with E-state index in [0.29, 0.717) is 21.8 Å². The van der Waals surface area contributed by atoms with E-state index >= 15 is 0 Å². The lowest BCUT2D eigenvalue weighted by molar-refractivity contribution is 0.102. The third-order valence-electron chi connectivity index (χ3n) is 4.21. The summed E-state index contributed by atoms with van der Waals surface area (Å²) in [6.07, 6.45) is 0. The molecule has 0 bridgehead atoms. The number of carbonyl (C=O) groups is 2. The Kier molecular flexibility index (Phi) is 4.87. The van der Waals surface area contributed by atoms with Gasteiger partial charge in [-0.15, -0.1) is 11.3 Å². The van der Waals surface area contributed by atoms with Gasteiger partial charge in [0.2, 0.25) is 0 Å². The van der Waals surface area contributed by atoms with Crippen LogP contribution in [0, 0.1) is 6.92 Å².